The van der Waals surface area contributed by atoms with Crippen molar-refractivity contribution < 1.29 is 14.7 Å². The van der Waals surface area contributed by atoms with Gasteiger partial charge in [0.2, 0.25) is 5.91 Å². The SMILES string of the molecule is Cc1ccccc1CC(=O)N1CCCC(C)(C(=O)O)C1. The van der Waals surface area contributed by atoms with Gasteiger partial charge in [-0.2, -0.15) is 0 Å². The molecule has 0 spiro atoms. The van der Waals surface area contributed by atoms with Gasteiger partial charge in [0.15, 0.2) is 0 Å². The summed E-state index contributed by atoms with van der Waals surface area (Å²) in [7, 11) is 0. The van der Waals surface area contributed by atoms with Crippen LogP contribution >= 0.6 is 0 Å². The average Bonchev–Trinajstić information content (AvgIpc) is 2.41. The molecule has 108 valence electrons. The number of hydrogen-bond donors (Lipinski definition) is 1. The van der Waals surface area contributed by atoms with Crippen LogP contribution in [0.15, 0.2) is 24.3 Å². The Kier molecular flexibility index (Phi) is 4.12. The number of nitrogens with zero attached hydrogens (tertiary/aromatic N) is 1. The van der Waals surface area contributed by atoms with Crippen LogP contribution in [-0.4, -0.2) is 35.0 Å². The first-order chi connectivity index (χ1) is 9.42. The number of piperidine rings is 1. The van der Waals surface area contributed by atoms with Crippen molar-refractivity contribution in [3.63, 3.8) is 0 Å². The number of benzene rings is 1. The highest BCUT2D eigenvalue weighted by molar-refractivity contribution is 5.81. The van der Waals surface area contributed by atoms with Crippen LogP contribution in [0.25, 0.3) is 0 Å². The molecule has 1 aromatic carbocycles. The Morgan fingerprint density at radius 1 is 1.35 bits per heavy atom. The highest BCUT2D eigenvalue weighted by Gasteiger charge is 2.39. The summed E-state index contributed by atoms with van der Waals surface area (Å²) in [4.78, 5) is 25.4. The van der Waals surface area contributed by atoms with Crippen molar-refractivity contribution >= 4 is 11.9 Å². The summed E-state index contributed by atoms with van der Waals surface area (Å²) in [6, 6.07) is 7.81. The third-order valence-electron chi connectivity index (χ3n) is 4.17. The van der Waals surface area contributed by atoms with Crippen molar-refractivity contribution in [2.45, 2.75) is 33.1 Å². The Morgan fingerprint density at radius 2 is 2.05 bits per heavy atom. The summed E-state index contributed by atoms with van der Waals surface area (Å²) in [5.74, 6) is -0.794. The molecule has 0 bridgehead atoms. The van der Waals surface area contributed by atoms with Gasteiger partial charge in [0.25, 0.3) is 0 Å². The molecule has 2 rings (SSSR count). The number of hydrogen-bond acceptors (Lipinski definition) is 2. The topological polar surface area (TPSA) is 57.6 Å². The van der Waals surface area contributed by atoms with Crippen molar-refractivity contribution in [2.24, 2.45) is 5.41 Å². The van der Waals surface area contributed by atoms with E-state index in [1.165, 1.54) is 0 Å². The zero-order valence-electron chi connectivity index (χ0n) is 12.1. The standard InChI is InChI=1S/C16H21NO3/c1-12-6-3-4-7-13(12)10-14(18)17-9-5-8-16(2,11-17)15(19)20/h3-4,6-7H,5,8-11H2,1-2H3,(H,19,20). The fraction of sp³-hybridized carbons (Fsp3) is 0.500. The monoisotopic (exact) mass is 275 g/mol. The zero-order valence-corrected chi connectivity index (χ0v) is 12.1. The zero-order chi connectivity index (χ0) is 14.8. The van der Waals surface area contributed by atoms with Gasteiger partial charge in [-0.25, -0.2) is 0 Å². The molecule has 1 atom stereocenters. The number of carboxylic acid groups (broad SMARTS) is 1. The van der Waals surface area contributed by atoms with E-state index in [0.717, 1.165) is 17.5 Å². The molecule has 1 unspecified atom stereocenters. The van der Waals surface area contributed by atoms with Gasteiger partial charge in [-0.15, -0.1) is 0 Å². The van der Waals surface area contributed by atoms with E-state index < -0.39 is 11.4 Å². The lowest BCUT2D eigenvalue weighted by atomic mass is 9.82. The first-order valence-electron chi connectivity index (χ1n) is 6.98. The molecule has 1 aliphatic rings. The van der Waals surface area contributed by atoms with Crippen molar-refractivity contribution in [1.29, 1.82) is 0 Å². The normalized spacial score (nSPS) is 22.6. The molecule has 1 fully saturated rings. The second-order valence-corrected chi connectivity index (χ2v) is 5.89. The van der Waals surface area contributed by atoms with E-state index in [0.29, 0.717) is 25.9 Å². The highest BCUT2D eigenvalue weighted by Crippen LogP contribution is 2.30. The Labute approximate surface area is 119 Å². The van der Waals surface area contributed by atoms with Gasteiger partial charge in [0.1, 0.15) is 0 Å². The maximum absolute atomic E-state index is 12.4. The van der Waals surface area contributed by atoms with Crippen LogP contribution in [0.3, 0.4) is 0 Å². The van der Waals surface area contributed by atoms with E-state index in [4.69, 9.17) is 0 Å². The lowest BCUT2D eigenvalue weighted by molar-refractivity contribution is -0.153. The minimum absolute atomic E-state index is 0.0199. The van der Waals surface area contributed by atoms with Gasteiger partial charge in [-0.3, -0.25) is 9.59 Å². The number of carbonyl (C=O) groups is 2. The molecular formula is C16H21NO3. The van der Waals surface area contributed by atoms with Crippen LogP contribution in [0.5, 0.6) is 0 Å². The summed E-state index contributed by atoms with van der Waals surface area (Å²) in [6.45, 7) is 4.68. The molecule has 1 aromatic rings. The molecule has 0 aliphatic carbocycles. The second kappa shape index (κ2) is 5.65. The Bertz CT molecular complexity index is 526. The van der Waals surface area contributed by atoms with E-state index in [1.807, 2.05) is 31.2 Å². The summed E-state index contributed by atoms with van der Waals surface area (Å²) >= 11 is 0. The molecule has 1 saturated heterocycles. The summed E-state index contributed by atoms with van der Waals surface area (Å²) in [5.41, 5.74) is 1.30. The van der Waals surface area contributed by atoms with Crippen LogP contribution in [-0.2, 0) is 16.0 Å². The molecule has 0 aromatic heterocycles. The summed E-state index contributed by atoms with van der Waals surface area (Å²) < 4.78 is 0. The van der Waals surface area contributed by atoms with Gasteiger partial charge in [0.05, 0.1) is 11.8 Å². The van der Waals surface area contributed by atoms with E-state index in [2.05, 4.69) is 0 Å². The molecule has 0 saturated carbocycles. The van der Waals surface area contributed by atoms with Gasteiger partial charge in [0, 0.05) is 13.1 Å². The van der Waals surface area contributed by atoms with Gasteiger partial charge < -0.3 is 10.0 Å². The number of rotatable bonds is 3. The molecule has 1 aliphatic heterocycles. The average molecular weight is 275 g/mol. The van der Waals surface area contributed by atoms with Crippen LogP contribution in [0.1, 0.15) is 30.9 Å². The van der Waals surface area contributed by atoms with E-state index in [1.54, 1.807) is 11.8 Å². The third kappa shape index (κ3) is 3.00. The Balaban J connectivity index is 2.06. The van der Waals surface area contributed by atoms with Crippen LogP contribution in [0.2, 0.25) is 0 Å². The molecule has 1 N–H and O–H groups in total. The quantitative estimate of drug-likeness (QED) is 0.920. The van der Waals surface area contributed by atoms with E-state index >= 15 is 0 Å². The predicted octanol–water partition coefficient (Wildman–Crippen LogP) is 2.25. The first kappa shape index (κ1) is 14.6. The van der Waals surface area contributed by atoms with Crippen LogP contribution in [0.4, 0.5) is 0 Å². The fourth-order valence-corrected chi connectivity index (χ4v) is 2.71. The smallest absolute Gasteiger partial charge is 0.311 e. The number of aryl methyl sites for hydroxylation is 1. The van der Waals surface area contributed by atoms with E-state index in [-0.39, 0.29) is 5.91 Å². The van der Waals surface area contributed by atoms with Crippen molar-refractivity contribution in [1.82, 2.24) is 4.90 Å². The highest BCUT2D eigenvalue weighted by atomic mass is 16.4. The van der Waals surface area contributed by atoms with Crippen molar-refractivity contribution in [2.75, 3.05) is 13.1 Å². The molecule has 1 heterocycles. The molecule has 4 nitrogen and oxygen atoms in total. The molecule has 1 amide bonds. The minimum Gasteiger partial charge on any atom is -0.481 e. The number of likely N-dealkylation sites (tertiary alicyclic amines) is 1. The largest absolute Gasteiger partial charge is 0.481 e. The molecule has 20 heavy (non-hydrogen) atoms. The third-order valence-corrected chi connectivity index (χ3v) is 4.17. The number of carboxylic acids is 1. The lowest BCUT2D eigenvalue weighted by Gasteiger charge is -2.37. The molecule has 4 heteroatoms. The number of aliphatic carboxylic acids is 1. The Morgan fingerprint density at radius 3 is 2.70 bits per heavy atom. The number of carbonyl (C=O) groups excluding carboxylic acids is 1. The maximum Gasteiger partial charge on any atom is 0.311 e. The summed E-state index contributed by atoms with van der Waals surface area (Å²) in [5, 5.41) is 9.29. The second-order valence-electron chi connectivity index (χ2n) is 5.89. The molecular weight excluding hydrogens is 254 g/mol. The van der Waals surface area contributed by atoms with Crippen LogP contribution in [0, 0.1) is 12.3 Å². The predicted molar refractivity (Wildman–Crippen MR) is 76.4 cm³/mol. The van der Waals surface area contributed by atoms with Gasteiger partial charge in [-0.1, -0.05) is 24.3 Å². The van der Waals surface area contributed by atoms with Gasteiger partial charge in [-0.05, 0) is 37.8 Å². The fourth-order valence-electron chi connectivity index (χ4n) is 2.71. The van der Waals surface area contributed by atoms with Gasteiger partial charge >= 0.3 is 5.97 Å². The van der Waals surface area contributed by atoms with Crippen molar-refractivity contribution in [3.05, 3.63) is 35.4 Å². The van der Waals surface area contributed by atoms with Crippen molar-refractivity contribution in [3.8, 4) is 0 Å². The minimum atomic E-state index is -0.814. The number of amides is 1. The van der Waals surface area contributed by atoms with E-state index in [9.17, 15) is 14.7 Å². The summed E-state index contributed by atoms with van der Waals surface area (Å²) in [6.07, 6.45) is 1.74. The first-order valence-corrected chi connectivity index (χ1v) is 6.98. The van der Waals surface area contributed by atoms with Crippen LogP contribution < -0.4 is 0 Å². The Hall–Kier alpha value is -1.84. The molecule has 0 radical (unpaired) electrons. The lowest BCUT2D eigenvalue weighted by Crippen LogP contribution is -2.48. The maximum atomic E-state index is 12.4.